The Bertz CT molecular complexity index is 410. The molecule has 1 aromatic carbocycles. The van der Waals surface area contributed by atoms with Crippen LogP contribution in [-0.2, 0) is 0 Å². The second-order valence-corrected chi connectivity index (χ2v) is 7.05. The molecule has 3 unspecified atom stereocenters. The SMILES string of the molecule is CCCC1CCC(CN)C(Sc2ccccc2OC)C1. The minimum absolute atomic E-state index is 0.640. The number of rotatable bonds is 6. The Morgan fingerprint density at radius 2 is 2.10 bits per heavy atom. The number of benzene rings is 1. The van der Waals surface area contributed by atoms with E-state index >= 15 is 0 Å². The zero-order valence-corrected chi connectivity index (χ0v) is 13.5. The van der Waals surface area contributed by atoms with Crippen LogP contribution < -0.4 is 10.5 Å². The van der Waals surface area contributed by atoms with Gasteiger partial charge in [-0.1, -0.05) is 38.3 Å². The maximum Gasteiger partial charge on any atom is 0.132 e. The Morgan fingerprint density at radius 3 is 2.80 bits per heavy atom. The van der Waals surface area contributed by atoms with Gasteiger partial charge in [0.25, 0.3) is 0 Å². The van der Waals surface area contributed by atoms with E-state index in [1.54, 1.807) is 7.11 Å². The number of thioether (sulfide) groups is 1. The normalized spacial score (nSPS) is 26.4. The summed E-state index contributed by atoms with van der Waals surface area (Å²) in [6, 6.07) is 8.34. The summed E-state index contributed by atoms with van der Waals surface area (Å²) in [4.78, 5) is 1.26. The maximum atomic E-state index is 5.99. The molecule has 1 saturated carbocycles. The van der Waals surface area contributed by atoms with E-state index in [0.29, 0.717) is 11.2 Å². The largest absolute Gasteiger partial charge is 0.496 e. The van der Waals surface area contributed by atoms with E-state index < -0.39 is 0 Å². The van der Waals surface area contributed by atoms with E-state index in [2.05, 4.69) is 19.1 Å². The number of hydrogen-bond donors (Lipinski definition) is 1. The van der Waals surface area contributed by atoms with Crippen LogP contribution in [0.4, 0.5) is 0 Å². The van der Waals surface area contributed by atoms with Crippen LogP contribution in [0.2, 0.25) is 0 Å². The van der Waals surface area contributed by atoms with Crippen molar-refractivity contribution in [2.75, 3.05) is 13.7 Å². The summed E-state index contributed by atoms with van der Waals surface area (Å²) in [6.07, 6.45) is 6.61. The monoisotopic (exact) mass is 293 g/mol. The summed E-state index contributed by atoms with van der Waals surface area (Å²) >= 11 is 1.97. The van der Waals surface area contributed by atoms with Crippen molar-refractivity contribution < 1.29 is 4.74 Å². The van der Waals surface area contributed by atoms with Crippen molar-refractivity contribution in [1.82, 2.24) is 0 Å². The van der Waals surface area contributed by atoms with Gasteiger partial charge in [0.2, 0.25) is 0 Å². The van der Waals surface area contributed by atoms with Crippen LogP contribution in [0.25, 0.3) is 0 Å². The highest BCUT2D eigenvalue weighted by atomic mass is 32.2. The van der Waals surface area contributed by atoms with Crippen molar-refractivity contribution in [1.29, 1.82) is 0 Å². The molecule has 1 aliphatic rings. The molecule has 0 spiro atoms. The zero-order chi connectivity index (χ0) is 14.4. The van der Waals surface area contributed by atoms with Gasteiger partial charge in [-0.25, -0.2) is 0 Å². The average Bonchev–Trinajstić information content (AvgIpc) is 2.48. The molecule has 1 aliphatic carbocycles. The summed E-state index contributed by atoms with van der Waals surface area (Å²) in [7, 11) is 1.75. The Balaban J connectivity index is 2.07. The highest BCUT2D eigenvalue weighted by Crippen LogP contribution is 2.43. The van der Waals surface area contributed by atoms with Crippen molar-refractivity contribution in [3.63, 3.8) is 0 Å². The first-order valence-electron chi connectivity index (χ1n) is 7.78. The molecule has 0 aliphatic heterocycles. The Kier molecular flexibility index (Phi) is 6.24. The predicted molar refractivity (Wildman–Crippen MR) is 87.4 cm³/mol. The second kappa shape index (κ2) is 7.94. The van der Waals surface area contributed by atoms with Crippen LogP contribution in [0.3, 0.4) is 0 Å². The molecule has 20 heavy (non-hydrogen) atoms. The first kappa shape index (κ1) is 15.7. The van der Waals surface area contributed by atoms with Gasteiger partial charge in [0.15, 0.2) is 0 Å². The fraction of sp³-hybridized carbons (Fsp3) is 0.647. The van der Waals surface area contributed by atoms with Gasteiger partial charge >= 0.3 is 0 Å². The third-order valence-electron chi connectivity index (χ3n) is 4.38. The number of para-hydroxylation sites is 1. The average molecular weight is 293 g/mol. The third-order valence-corrected chi connectivity index (χ3v) is 5.86. The zero-order valence-electron chi connectivity index (χ0n) is 12.7. The number of nitrogens with two attached hydrogens (primary N) is 1. The molecule has 1 aromatic rings. The summed E-state index contributed by atoms with van der Waals surface area (Å²) in [6.45, 7) is 3.10. The molecule has 3 atom stereocenters. The van der Waals surface area contributed by atoms with Crippen molar-refractivity contribution in [2.24, 2.45) is 17.6 Å². The molecular weight excluding hydrogens is 266 g/mol. The van der Waals surface area contributed by atoms with Gasteiger partial charge in [-0.2, -0.15) is 0 Å². The Morgan fingerprint density at radius 1 is 1.30 bits per heavy atom. The molecule has 0 bridgehead atoms. The Hall–Kier alpha value is -0.670. The van der Waals surface area contributed by atoms with Crippen molar-refractivity contribution in [3.8, 4) is 5.75 Å². The van der Waals surface area contributed by atoms with E-state index in [9.17, 15) is 0 Å². The molecule has 2 N–H and O–H groups in total. The van der Waals surface area contributed by atoms with Crippen molar-refractivity contribution >= 4 is 11.8 Å². The quantitative estimate of drug-likeness (QED) is 0.848. The first-order valence-corrected chi connectivity index (χ1v) is 8.66. The number of methoxy groups -OCH3 is 1. The summed E-state index contributed by atoms with van der Waals surface area (Å²) < 4.78 is 5.48. The van der Waals surface area contributed by atoms with Crippen LogP contribution in [0.15, 0.2) is 29.2 Å². The van der Waals surface area contributed by atoms with Gasteiger partial charge in [-0.15, -0.1) is 11.8 Å². The molecule has 112 valence electrons. The van der Waals surface area contributed by atoms with Crippen LogP contribution in [0.1, 0.15) is 39.0 Å². The van der Waals surface area contributed by atoms with Gasteiger partial charge in [0.05, 0.1) is 7.11 Å². The van der Waals surface area contributed by atoms with Gasteiger partial charge < -0.3 is 10.5 Å². The van der Waals surface area contributed by atoms with Gasteiger partial charge in [-0.05, 0) is 43.4 Å². The lowest BCUT2D eigenvalue weighted by molar-refractivity contribution is 0.275. The smallest absolute Gasteiger partial charge is 0.132 e. The lowest BCUT2D eigenvalue weighted by Gasteiger charge is -2.35. The molecule has 2 rings (SSSR count). The molecule has 1 fully saturated rings. The Labute approximate surface area is 127 Å². The van der Waals surface area contributed by atoms with E-state index in [0.717, 1.165) is 18.2 Å². The van der Waals surface area contributed by atoms with E-state index in [1.807, 2.05) is 23.9 Å². The number of hydrogen-bond acceptors (Lipinski definition) is 3. The molecule has 2 nitrogen and oxygen atoms in total. The van der Waals surface area contributed by atoms with Crippen LogP contribution >= 0.6 is 11.8 Å². The number of ether oxygens (including phenoxy) is 1. The van der Waals surface area contributed by atoms with Crippen LogP contribution in [-0.4, -0.2) is 18.9 Å². The predicted octanol–water partition coefficient (Wildman–Crippen LogP) is 4.33. The molecule has 0 heterocycles. The van der Waals surface area contributed by atoms with E-state index in [4.69, 9.17) is 10.5 Å². The lowest BCUT2D eigenvalue weighted by atomic mass is 9.80. The lowest BCUT2D eigenvalue weighted by Crippen LogP contribution is -2.32. The molecule has 0 amide bonds. The van der Waals surface area contributed by atoms with E-state index in [1.165, 1.54) is 37.0 Å². The minimum atomic E-state index is 0.640. The molecule has 0 radical (unpaired) electrons. The van der Waals surface area contributed by atoms with Crippen LogP contribution in [0, 0.1) is 11.8 Å². The van der Waals surface area contributed by atoms with E-state index in [-0.39, 0.29) is 0 Å². The van der Waals surface area contributed by atoms with Crippen LogP contribution in [0.5, 0.6) is 5.75 Å². The molecule has 3 heteroatoms. The molecule has 0 aromatic heterocycles. The van der Waals surface area contributed by atoms with Gasteiger partial charge in [-0.3, -0.25) is 0 Å². The topological polar surface area (TPSA) is 35.2 Å². The highest BCUT2D eigenvalue weighted by molar-refractivity contribution is 8.00. The van der Waals surface area contributed by atoms with Crippen molar-refractivity contribution in [3.05, 3.63) is 24.3 Å². The minimum Gasteiger partial charge on any atom is -0.496 e. The first-order chi connectivity index (χ1) is 9.78. The maximum absolute atomic E-state index is 5.99. The molecule has 0 saturated heterocycles. The second-order valence-electron chi connectivity index (χ2n) is 5.77. The highest BCUT2D eigenvalue weighted by Gasteiger charge is 2.30. The fourth-order valence-electron chi connectivity index (χ4n) is 3.24. The standard InChI is InChI=1S/C17H27NOS/c1-3-6-13-9-10-14(12-18)17(11-13)20-16-8-5-4-7-15(16)19-2/h4-5,7-8,13-14,17H,3,6,9-12,18H2,1-2H3. The summed E-state index contributed by atoms with van der Waals surface area (Å²) in [5.74, 6) is 2.53. The van der Waals surface area contributed by atoms with Gasteiger partial charge in [0.1, 0.15) is 5.75 Å². The fourth-order valence-corrected chi connectivity index (χ4v) is 4.80. The molecular formula is C17H27NOS. The van der Waals surface area contributed by atoms with Crippen molar-refractivity contribution in [2.45, 2.75) is 49.2 Å². The third kappa shape index (κ3) is 3.92. The van der Waals surface area contributed by atoms with Gasteiger partial charge in [0, 0.05) is 10.1 Å². The summed E-state index contributed by atoms with van der Waals surface area (Å²) in [5, 5.41) is 0.640. The summed E-state index contributed by atoms with van der Waals surface area (Å²) in [5.41, 5.74) is 5.99.